The maximum Gasteiger partial charge on any atom is 0.335 e. The van der Waals surface area contributed by atoms with E-state index in [1.165, 1.54) is 0 Å². The Hall–Kier alpha value is -1.09. The fourth-order valence-electron chi connectivity index (χ4n) is 1.38. The summed E-state index contributed by atoms with van der Waals surface area (Å²) in [4.78, 5) is 11.3. The first-order valence-electron chi connectivity index (χ1n) is 4.32. The van der Waals surface area contributed by atoms with Gasteiger partial charge in [0.2, 0.25) is 0 Å². The summed E-state index contributed by atoms with van der Waals surface area (Å²) in [6.45, 7) is 1.76. The second-order valence-electron chi connectivity index (χ2n) is 3.17. The maximum atomic E-state index is 11.3. The van der Waals surface area contributed by atoms with E-state index in [4.69, 9.17) is 4.74 Å². The lowest BCUT2D eigenvalue weighted by atomic mass is 10.1. The van der Waals surface area contributed by atoms with Gasteiger partial charge in [-0.1, -0.05) is 46.3 Å². The van der Waals surface area contributed by atoms with Crippen molar-refractivity contribution < 1.29 is 9.53 Å². The van der Waals surface area contributed by atoms with Crippen molar-refractivity contribution in [3.8, 4) is 0 Å². The first-order valence-corrected chi connectivity index (χ1v) is 5.11. The van der Waals surface area contributed by atoms with Crippen LogP contribution in [0.5, 0.6) is 0 Å². The van der Waals surface area contributed by atoms with Gasteiger partial charge in [-0.2, -0.15) is 0 Å². The average molecular weight is 253 g/mol. The highest BCUT2D eigenvalue weighted by atomic mass is 79.9. The number of rotatable bonds is 1. The molecule has 0 N–H and O–H groups in total. The van der Waals surface area contributed by atoms with Gasteiger partial charge in [0.1, 0.15) is 0 Å². The van der Waals surface area contributed by atoms with Crippen molar-refractivity contribution >= 4 is 21.9 Å². The molecule has 0 unspecified atom stereocenters. The fraction of sp³-hybridized carbons (Fsp3) is 0.182. The molecule has 1 heterocycles. The van der Waals surface area contributed by atoms with Crippen molar-refractivity contribution in [1.29, 1.82) is 0 Å². The Balaban J connectivity index is 2.36. The molecule has 0 amide bonds. The number of benzene rings is 1. The number of carbonyl (C=O) groups excluding carboxylic acids is 1. The minimum atomic E-state index is -0.260. The maximum absolute atomic E-state index is 11.3. The molecule has 1 aliphatic rings. The lowest BCUT2D eigenvalue weighted by Crippen LogP contribution is -2.01. The van der Waals surface area contributed by atoms with Crippen molar-refractivity contribution in [2.45, 2.75) is 13.0 Å². The zero-order valence-electron chi connectivity index (χ0n) is 7.66. The first-order chi connectivity index (χ1) is 6.70. The molecule has 2 rings (SSSR count). The third-order valence-electron chi connectivity index (χ3n) is 2.22. The molecule has 0 spiro atoms. The van der Waals surface area contributed by atoms with Crippen LogP contribution in [-0.2, 0) is 9.53 Å². The molecule has 0 saturated carbocycles. The van der Waals surface area contributed by atoms with E-state index in [0.29, 0.717) is 5.57 Å². The Morgan fingerprint density at radius 2 is 1.93 bits per heavy atom. The quantitative estimate of drug-likeness (QED) is 0.719. The molecule has 0 bridgehead atoms. The minimum absolute atomic E-state index is 0.245. The summed E-state index contributed by atoms with van der Waals surface area (Å²) < 4.78 is 6.04. The van der Waals surface area contributed by atoms with Gasteiger partial charge in [0.05, 0.1) is 4.48 Å². The predicted octanol–water partition coefficient (Wildman–Crippen LogP) is 2.95. The summed E-state index contributed by atoms with van der Waals surface area (Å²) in [5, 5.41) is 0. The van der Waals surface area contributed by atoms with E-state index in [1.54, 1.807) is 6.92 Å². The largest absolute Gasteiger partial charge is 0.449 e. The van der Waals surface area contributed by atoms with Crippen LogP contribution in [-0.4, -0.2) is 5.97 Å². The van der Waals surface area contributed by atoms with Gasteiger partial charge in [-0.25, -0.2) is 4.79 Å². The third kappa shape index (κ3) is 1.48. The van der Waals surface area contributed by atoms with Crippen molar-refractivity contribution in [2.75, 3.05) is 0 Å². The average Bonchev–Trinajstić information content (AvgIpc) is 2.47. The van der Waals surface area contributed by atoms with Crippen LogP contribution in [0.4, 0.5) is 0 Å². The topological polar surface area (TPSA) is 26.3 Å². The Morgan fingerprint density at radius 3 is 2.43 bits per heavy atom. The van der Waals surface area contributed by atoms with Crippen LogP contribution in [0.25, 0.3) is 0 Å². The standard InChI is InChI=1S/C11H9BrO2/c1-7-9(12)10(14-11(7)13)8-5-3-2-4-6-8/h2-6,10H,1H3/t10-/m0/s1. The number of halogens is 1. The monoisotopic (exact) mass is 252 g/mol. The van der Waals surface area contributed by atoms with Gasteiger partial charge >= 0.3 is 5.97 Å². The summed E-state index contributed by atoms with van der Waals surface area (Å²) in [6.07, 6.45) is -0.260. The molecule has 0 fully saturated rings. The molecular formula is C11H9BrO2. The molecule has 72 valence electrons. The van der Waals surface area contributed by atoms with E-state index >= 15 is 0 Å². The van der Waals surface area contributed by atoms with Crippen molar-refractivity contribution in [3.63, 3.8) is 0 Å². The number of hydrogen-bond donors (Lipinski definition) is 0. The summed E-state index contributed by atoms with van der Waals surface area (Å²) in [7, 11) is 0. The fourth-order valence-corrected chi connectivity index (χ4v) is 1.90. The van der Waals surface area contributed by atoms with Crippen LogP contribution in [0.2, 0.25) is 0 Å². The number of cyclic esters (lactones) is 1. The lowest BCUT2D eigenvalue weighted by molar-refractivity contribution is -0.139. The summed E-state index contributed by atoms with van der Waals surface area (Å²) in [5.41, 5.74) is 1.64. The molecule has 2 nitrogen and oxygen atoms in total. The van der Waals surface area contributed by atoms with E-state index in [2.05, 4.69) is 15.9 Å². The van der Waals surface area contributed by atoms with Gasteiger partial charge in [-0.15, -0.1) is 0 Å². The van der Waals surface area contributed by atoms with Gasteiger partial charge < -0.3 is 4.74 Å². The van der Waals surface area contributed by atoms with Crippen molar-refractivity contribution in [3.05, 3.63) is 46.0 Å². The van der Waals surface area contributed by atoms with Crippen LogP contribution < -0.4 is 0 Å². The summed E-state index contributed by atoms with van der Waals surface area (Å²) >= 11 is 3.38. The Morgan fingerprint density at radius 1 is 1.29 bits per heavy atom. The van der Waals surface area contributed by atoms with E-state index in [-0.39, 0.29) is 12.1 Å². The van der Waals surface area contributed by atoms with E-state index in [0.717, 1.165) is 10.0 Å². The highest BCUT2D eigenvalue weighted by Crippen LogP contribution is 2.38. The second-order valence-corrected chi connectivity index (χ2v) is 4.02. The minimum Gasteiger partial charge on any atom is -0.449 e. The number of carbonyl (C=O) groups is 1. The zero-order chi connectivity index (χ0) is 10.1. The third-order valence-corrected chi connectivity index (χ3v) is 3.23. The van der Waals surface area contributed by atoms with Crippen LogP contribution >= 0.6 is 15.9 Å². The number of hydrogen-bond acceptors (Lipinski definition) is 2. The molecule has 0 saturated heterocycles. The molecular weight excluding hydrogens is 244 g/mol. The SMILES string of the molecule is CC1=C(Br)[C@H](c2ccccc2)OC1=O. The van der Waals surface area contributed by atoms with E-state index in [1.807, 2.05) is 30.3 Å². The summed E-state index contributed by atoms with van der Waals surface area (Å²) in [6, 6.07) is 9.68. The van der Waals surface area contributed by atoms with E-state index < -0.39 is 0 Å². The predicted molar refractivity (Wildman–Crippen MR) is 56.9 cm³/mol. The van der Waals surface area contributed by atoms with Crippen LogP contribution in [0.15, 0.2) is 40.4 Å². The Labute approximate surface area is 90.7 Å². The highest BCUT2D eigenvalue weighted by Gasteiger charge is 2.30. The molecule has 1 aromatic carbocycles. The van der Waals surface area contributed by atoms with Crippen LogP contribution in [0.3, 0.4) is 0 Å². The summed E-state index contributed by atoms with van der Waals surface area (Å²) in [5.74, 6) is -0.245. The Bertz CT molecular complexity index is 395. The van der Waals surface area contributed by atoms with Crippen LogP contribution in [0, 0.1) is 0 Å². The molecule has 0 radical (unpaired) electrons. The molecule has 14 heavy (non-hydrogen) atoms. The molecule has 1 aromatic rings. The van der Waals surface area contributed by atoms with Gasteiger partial charge in [0.25, 0.3) is 0 Å². The number of ether oxygens (including phenoxy) is 1. The van der Waals surface area contributed by atoms with Crippen molar-refractivity contribution in [1.82, 2.24) is 0 Å². The smallest absolute Gasteiger partial charge is 0.335 e. The molecule has 0 aromatic heterocycles. The normalized spacial score (nSPS) is 21.3. The van der Waals surface area contributed by atoms with Gasteiger partial charge in [-0.05, 0) is 12.5 Å². The van der Waals surface area contributed by atoms with Gasteiger partial charge in [0, 0.05) is 5.57 Å². The second kappa shape index (κ2) is 3.58. The molecule has 3 heteroatoms. The van der Waals surface area contributed by atoms with Gasteiger partial charge in [0.15, 0.2) is 6.10 Å². The highest BCUT2D eigenvalue weighted by molar-refractivity contribution is 9.11. The van der Waals surface area contributed by atoms with Crippen LogP contribution in [0.1, 0.15) is 18.6 Å². The molecule has 1 aliphatic heterocycles. The Kier molecular flexibility index (Phi) is 2.42. The molecule has 1 atom stereocenters. The zero-order valence-corrected chi connectivity index (χ0v) is 9.24. The molecule has 0 aliphatic carbocycles. The first kappa shape index (κ1) is 9.46. The van der Waals surface area contributed by atoms with Crippen molar-refractivity contribution in [2.24, 2.45) is 0 Å². The number of esters is 1. The van der Waals surface area contributed by atoms with Gasteiger partial charge in [-0.3, -0.25) is 0 Å². The lowest BCUT2D eigenvalue weighted by Gasteiger charge is -2.10. The van der Waals surface area contributed by atoms with E-state index in [9.17, 15) is 4.79 Å².